The van der Waals surface area contributed by atoms with E-state index in [1.165, 1.54) is 18.2 Å². The summed E-state index contributed by atoms with van der Waals surface area (Å²) in [6.07, 6.45) is -5.05. The number of anilines is 1. The second-order valence-corrected chi connectivity index (χ2v) is 6.04. The fourth-order valence-electron chi connectivity index (χ4n) is 2.30. The topological polar surface area (TPSA) is 59.3 Å². The molecule has 0 saturated heterocycles. The summed E-state index contributed by atoms with van der Waals surface area (Å²) in [4.78, 5) is 23.5. The van der Waals surface area contributed by atoms with Crippen molar-refractivity contribution in [2.45, 2.75) is 6.18 Å². The highest BCUT2D eigenvalue weighted by molar-refractivity contribution is 9.10. The Bertz CT molecular complexity index is 1030. The standard InChI is InChI=1S/C17H9BrF3NO3/c18-10-5-6-11(13(8-10)22-16(24)17(19,20)21)12-7-9-3-1-2-4-14(9)25-15(12)23/h1-8H,(H,22,24). The molecule has 1 amide bonds. The number of hydrogen-bond acceptors (Lipinski definition) is 3. The maximum absolute atomic E-state index is 12.6. The summed E-state index contributed by atoms with van der Waals surface area (Å²) in [6.45, 7) is 0. The zero-order chi connectivity index (χ0) is 18.2. The lowest BCUT2D eigenvalue weighted by Gasteiger charge is -2.13. The van der Waals surface area contributed by atoms with Crippen LogP contribution in [0.5, 0.6) is 0 Å². The quantitative estimate of drug-likeness (QED) is 0.620. The molecule has 0 atom stereocenters. The number of nitrogens with one attached hydrogen (secondary N) is 1. The Labute approximate surface area is 147 Å². The van der Waals surface area contributed by atoms with Gasteiger partial charge in [-0.2, -0.15) is 13.2 Å². The Morgan fingerprint density at radius 1 is 1.04 bits per heavy atom. The summed E-state index contributed by atoms with van der Waals surface area (Å²) in [5.41, 5.74) is -0.346. The molecule has 25 heavy (non-hydrogen) atoms. The van der Waals surface area contributed by atoms with Crippen LogP contribution in [0.25, 0.3) is 22.1 Å². The van der Waals surface area contributed by atoms with Crippen molar-refractivity contribution in [1.82, 2.24) is 0 Å². The Hall–Kier alpha value is -2.61. The minimum atomic E-state index is -5.05. The van der Waals surface area contributed by atoms with Crippen molar-refractivity contribution >= 4 is 38.5 Å². The van der Waals surface area contributed by atoms with Gasteiger partial charge in [-0.15, -0.1) is 0 Å². The van der Waals surface area contributed by atoms with E-state index in [2.05, 4.69) is 15.9 Å². The number of benzene rings is 2. The molecule has 0 fully saturated rings. The molecule has 0 saturated carbocycles. The first-order valence-corrected chi connectivity index (χ1v) is 7.76. The summed E-state index contributed by atoms with van der Waals surface area (Å²) < 4.78 is 43.3. The Balaban J connectivity index is 2.16. The molecule has 0 spiro atoms. The van der Waals surface area contributed by atoms with Crippen LogP contribution in [0.2, 0.25) is 0 Å². The first kappa shape index (κ1) is 17.2. The molecular weight excluding hydrogens is 403 g/mol. The number of alkyl halides is 3. The molecule has 4 nitrogen and oxygen atoms in total. The van der Waals surface area contributed by atoms with E-state index in [1.54, 1.807) is 35.6 Å². The Morgan fingerprint density at radius 2 is 1.76 bits per heavy atom. The summed E-state index contributed by atoms with van der Waals surface area (Å²) in [5.74, 6) is -2.13. The van der Waals surface area contributed by atoms with Gasteiger partial charge < -0.3 is 9.73 Å². The first-order chi connectivity index (χ1) is 11.8. The van der Waals surface area contributed by atoms with Crippen molar-refractivity contribution < 1.29 is 22.4 Å². The second kappa shape index (κ2) is 6.36. The van der Waals surface area contributed by atoms with Crippen molar-refractivity contribution in [2.24, 2.45) is 0 Å². The molecule has 2 aromatic carbocycles. The van der Waals surface area contributed by atoms with Crippen LogP contribution in [-0.2, 0) is 4.79 Å². The minimum absolute atomic E-state index is 0.0451. The smallest absolute Gasteiger partial charge is 0.422 e. The van der Waals surface area contributed by atoms with Gasteiger partial charge in [0.25, 0.3) is 0 Å². The number of hydrogen-bond donors (Lipinski definition) is 1. The van der Waals surface area contributed by atoms with Crippen molar-refractivity contribution in [3.63, 3.8) is 0 Å². The monoisotopic (exact) mass is 411 g/mol. The van der Waals surface area contributed by atoms with Gasteiger partial charge in [0.2, 0.25) is 0 Å². The SMILES string of the molecule is O=C(Nc1cc(Br)ccc1-c1cc2ccccc2oc1=O)C(F)(F)F. The molecule has 0 radical (unpaired) electrons. The van der Waals surface area contributed by atoms with Crippen LogP contribution in [0.3, 0.4) is 0 Å². The Kier molecular flexibility index (Phi) is 4.38. The van der Waals surface area contributed by atoms with E-state index >= 15 is 0 Å². The van der Waals surface area contributed by atoms with Crippen molar-refractivity contribution in [1.29, 1.82) is 0 Å². The average Bonchev–Trinajstić information content (AvgIpc) is 2.54. The van der Waals surface area contributed by atoms with Gasteiger partial charge in [0.1, 0.15) is 5.58 Å². The van der Waals surface area contributed by atoms with Gasteiger partial charge in [-0.3, -0.25) is 4.79 Å². The molecule has 0 bridgehead atoms. The third-order valence-electron chi connectivity index (χ3n) is 3.42. The molecule has 1 heterocycles. The normalized spacial score (nSPS) is 11.5. The van der Waals surface area contributed by atoms with Crippen LogP contribution in [0.4, 0.5) is 18.9 Å². The van der Waals surface area contributed by atoms with E-state index in [9.17, 15) is 22.8 Å². The van der Waals surface area contributed by atoms with E-state index in [-0.39, 0.29) is 16.8 Å². The molecule has 3 rings (SSSR count). The highest BCUT2D eigenvalue weighted by Crippen LogP contribution is 2.31. The minimum Gasteiger partial charge on any atom is -0.422 e. The van der Waals surface area contributed by atoms with Gasteiger partial charge in [0.15, 0.2) is 0 Å². The zero-order valence-electron chi connectivity index (χ0n) is 12.4. The predicted octanol–water partition coefficient (Wildman–Crippen LogP) is 4.72. The molecule has 0 unspecified atom stereocenters. The number of para-hydroxylation sites is 1. The van der Waals surface area contributed by atoms with Crippen molar-refractivity contribution in [2.75, 3.05) is 5.32 Å². The molecule has 1 N–H and O–H groups in total. The highest BCUT2D eigenvalue weighted by atomic mass is 79.9. The summed E-state index contributed by atoms with van der Waals surface area (Å²) in [7, 11) is 0. The van der Waals surface area contributed by atoms with Crippen molar-refractivity contribution in [3.8, 4) is 11.1 Å². The third-order valence-corrected chi connectivity index (χ3v) is 3.91. The summed E-state index contributed by atoms with van der Waals surface area (Å²) in [6, 6.07) is 12.5. The number of amides is 1. The van der Waals surface area contributed by atoms with E-state index in [0.717, 1.165) is 0 Å². The number of halogens is 4. The molecule has 0 aliphatic rings. The van der Waals surface area contributed by atoms with Crippen LogP contribution in [0, 0.1) is 0 Å². The lowest BCUT2D eigenvalue weighted by atomic mass is 10.0. The van der Waals surface area contributed by atoms with Gasteiger partial charge in [-0.05, 0) is 24.3 Å². The number of fused-ring (bicyclic) bond motifs is 1. The number of rotatable bonds is 2. The number of carbonyl (C=O) groups excluding carboxylic acids is 1. The number of carbonyl (C=O) groups is 1. The predicted molar refractivity (Wildman–Crippen MR) is 90.3 cm³/mol. The lowest BCUT2D eigenvalue weighted by molar-refractivity contribution is -0.167. The molecule has 0 aliphatic heterocycles. The van der Waals surface area contributed by atoms with E-state index < -0.39 is 17.7 Å². The molecule has 8 heteroatoms. The van der Waals surface area contributed by atoms with E-state index in [4.69, 9.17) is 4.42 Å². The van der Waals surface area contributed by atoms with E-state index in [1.807, 2.05) is 0 Å². The molecule has 128 valence electrons. The Morgan fingerprint density at radius 3 is 2.48 bits per heavy atom. The lowest BCUT2D eigenvalue weighted by Crippen LogP contribution is -2.30. The average molecular weight is 412 g/mol. The summed E-state index contributed by atoms with van der Waals surface area (Å²) >= 11 is 3.13. The van der Waals surface area contributed by atoms with Gasteiger partial charge >= 0.3 is 17.7 Å². The van der Waals surface area contributed by atoms with Crippen LogP contribution in [0.1, 0.15) is 0 Å². The maximum atomic E-state index is 12.6. The molecule has 3 aromatic rings. The van der Waals surface area contributed by atoms with Crippen LogP contribution >= 0.6 is 15.9 Å². The molecule has 0 aliphatic carbocycles. The third kappa shape index (κ3) is 3.58. The van der Waals surface area contributed by atoms with E-state index in [0.29, 0.717) is 15.4 Å². The molecule has 1 aromatic heterocycles. The van der Waals surface area contributed by atoms with Crippen LogP contribution in [0.15, 0.2) is 62.2 Å². The largest absolute Gasteiger partial charge is 0.471 e. The zero-order valence-corrected chi connectivity index (χ0v) is 13.9. The van der Waals surface area contributed by atoms with Gasteiger partial charge in [0.05, 0.1) is 11.3 Å². The van der Waals surface area contributed by atoms with Crippen molar-refractivity contribution in [3.05, 3.63) is 63.4 Å². The fourth-order valence-corrected chi connectivity index (χ4v) is 2.66. The van der Waals surface area contributed by atoms with Gasteiger partial charge in [0, 0.05) is 15.4 Å². The molecular formula is C17H9BrF3NO3. The summed E-state index contributed by atoms with van der Waals surface area (Å²) in [5, 5.41) is 2.40. The van der Waals surface area contributed by atoms with Crippen LogP contribution in [-0.4, -0.2) is 12.1 Å². The van der Waals surface area contributed by atoms with Crippen LogP contribution < -0.4 is 10.9 Å². The van der Waals surface area contributed by atoms with Gasteiger partial charge in [-0.25, -0.2) is 4.79 Å². The fraction of sp³-hybridized carbons (Fsp3) is 0.0588. The second-order valence-electron chi connectivity index (χ2n) is 5.13. The van der Waals surface area contributed by atoms with Gasteiger partial charge in [-0.1, -0.05) is 40.2 Å². The first-order valence-electron chi connectivity index (χ1n) is 6.97. The maximum Gasteiger partial charge on any atom is 0.471 e. The highest BCUT2D eigenvalue weighted by Gasteiger charge is 2.39.